The maximum Gasteiger partial charge on any atom is 0.410 e. The molecule has 24 heavy (non-hydrogen) atoms. The molecule has 142 valence electrons. The van der Waals surface area contributed by atoms with Gasteiger partial charge in [-0.05, 0) is 41.5 Å². The maximum absolute atomic E-state index is 12.2. The van der Waals surface area contributed by atoms with Crippen molar-refractivity contribution in [2.45, 2.75) is 64.9 Å². The van der Waals surface area contributed by atoms with Gasteiger partial charge in [-0.15, -0.1) is 0 Å². The molecule has 0 aromatic rings. The van der Waals surface area contributed by atoms with Crippen LogP contribution in [0.25, 0.3) is 0 Å². The molecule has 1 fully saturated rings. The molecular weight excluding hydrogens is 312 g/mol. The number of carbonyl (C=O) groups excluding carboxylic acids is 1. The molecule has 1 unspecified atom stereocenters. The van der Waals surface area contributed by atoms with Gasteiger partial charge in [0.25, 0.3) is 0 Å². The van der Waals surface area contributed by atoms with Crippen LogP contribution in [0.5, 0.6) is 0 Å². The fraction of sp³-hybridized carbons (Fsp3) is 0.941. The summed E-state index contributed by atoms with van der Waals surface area (Å²) in [5, 5.41) is 17.8. The molecule has 0 saturated carbocycles. The van der Waals surface area contributed by atoms with Crippen molar-refractivity contribution in [2.24, 2.45) is 0 Å². The molecule has 7 heteroatoms. The van der Waals surface area contributed by atoms with E-state index < -0.39 is 5.60 Å². The number of ether oxygens (including phenoxy) is 2. The van der Waals surface area contributed by atoms with Crippen LogP contribution in [0.1, 0.15) is 41.5 Å². The highest BCUT2D eigenvalue weighted by atomic mass is 16.6. The highest BCUT2D eigenvalue weighted by Crippen LogP contribution is 2.16. The van der Waals surface area contributed by atoms with Gasteiger partial charge in [-0.1, -0.05) is 0 Å². The van der Waals surface area contributed by atoms with E-state index in [-0.39, 0.29) is 30.4 Å². The van der Waals surface area contributed by atoms with E-state index in [9.17, 15) is 9.90 Å². The minimum atomic E-state index is -0.528. The van der Waals surface area contributed by atoms with E-state index in [1.807, 2.05) is 41.5 Å². The van der Waals surface area contributed by atoms with Crippen molar-refractivity contribution in [1.82, 2.24) is 9.80 Å². The molecule has 0 radical (unpaired) electrons. The Labute approximate surface area is 145 Å². The Morgan fingerprint density at radius 1 is 1.21 bits per heavy atom. The number of hydrogen-bond acceptors (Lipinski definition) is 5. The summed E-state index contributed by atoms with van der Waals surface area (Å²) < 4.78 is 11.0. The van der Waals surface area contributed by atoms with Crippen LogP contribution in [-0.4, -0.2) is 88.8 Å². The predicted octanol–water partition coefficient (Wildman–Crippen LogP) is 0.808. The zero-order valence-electron chi connectivity index (χ0n) is 16.0. The van der Waals surface area contributed by atoms with E-state index in [4.69, 9.17) is 14.6 Å². The standard InChI is InChI=1S/C17H34N2O5/c1-16(2,3)23-12-14(21)10-18-7-8-19(9-13(18)11-20)15(22)24-17(4,5)6/h13-14,20-21H,7-12H2,1-6H3/p+1/t13-,14?/m0/s1. The quantitative estimate of drug-likeness (QED) is 0.744. The molecule has 0 aliphatic carbocycles. The van der Waals surface area contributed by atoms with Crippen LogP contribution in [0.2, 0.25) is 0 Å². The predicted molar refractivity (Wildman–Crippen MR) is 93.4 cm³/mol. The molecule has 0 spiro atoms. The molecule has 1 heterocycles. The van der Waals surface area contributed by atoms with Crippen LogP contribution in [0.15, 0.2) is 0 Å². The van der Waals surface area contributed by atoms with Crippen molar-refractivity contribution < 1.29 is 24.5 Å². The van der Waals surface area contributed by atoms with E-state index >= 15 is 0 Å². The topological polar surface area (TPSA) is 85.1 Å². The summed E-state index contributed by atoms with van der Waals surface area (Å²) in [6.45, 7) is 13.8. The first-order valence-corrected chi connectivity index (χ1v) is 8.59. The van der Waals surface area contributed by atoms with Crippen molar-refractivity contribution in [3.63, 3.8) is 0 Å². The van der Waals surface area contributed by atoms with Crippen LogP contribution < -0.4 is 0 Å². The largest absolute Gasteiger partial charge is 0.444 e. The van der Waals surface area contributed by atoms with Gasteiger partial charge in [-0.25, -0.2) is 4.79 Å². The monoisotopic (exact) mass is 347 g/mol. The number of aliphatic hydroxyl groups is 1. The first-order valence-electron chi connectivity index (χ1n) is 8.59. The lowest BCUT2D eigenvalue weighted by atomic mass is 10.1. The zero-order chi connectivity index (χ0) is 18.5. The Kier molecular flexibility index (Phi) is 7.46. The molecule has 2 atom stereocenters. The highest BCUT2D eigenvalue weighted by Gasteiger charge is 2.33. The van der Waals surface area contributed by atoms with Crippen molar-refractivity contribution in [1.29, 1.82) is 0 Å². The van der Waals surface area contributed by atoms with E-state index in [2.05, 4.69) is 4.90 Å². The lowest BCUT2D eigenvalue weighted by Gasteiger charge is -2.41. The molecule has 0 bridgehead atoms. The minimum absolute atomic E-state index is 0.0495. The van der Waals surface area contributed by atoms with Gasteiger partial charge < -0.3 is 24.6 Å². The summed E-state index contributed by atoms with van der Waals surface area (Å²) in [6, 6.07) is -0.172. The number of amides is 1. The van der Waals surface area contributed by atoms with Crippen molar-refractivity contribution in [3.05, 3.63) is 0 Å². The molecule has 1 aliphatic heterocycles. The SMILES string of the molecule is CC(C)(C)OCC([OH2+])CN1CCN(C(=O)OC(C)(C)C)C[C@H]1CO. The third-order valence-corrected chi connectivity index (χ3v) is 3.64. The summed E-state index contributed by atoms with van der Waals surface area (Å²) in [5.74, 6) is 0. The first kappa shape index (κ1) is 21.2. The molecule has 0 aromatic heterocycles. The normalized spacial score (nSPS) is 21.7. The van der Waals surface area contributed by atoms with Crippen molar-refractivity contribution >= 4 is 6.09 Å². The van der Waals surface area contributed by atoms with Gasteiger partial charge in [0.1, 0.15) is 12.2 Å². The third kappa shape index (κ3) is 7.79. The average molecular weight is 347 g/mol. The van der Waals surface area contributed by atoms with Gasteiger partial charge >= 0.3 is 6.09 Å². The Hall–Kier alpha value is -0.890. The summed E-state index contributed by atoms with van der Waals surface area (Å²) in [4.78, 5) is 15.9. The molecule has 1 amide bonds. The molecule has 3 N–H and O–H groups in total. The summed E-state index contributed by atoms with van der Waals surface area (Å²) in [6.07, 6.45) is -0.731. The number of carbonyl (C=O) groups is 1. The molecule has 0 aromatic carbocycles. The smallest absolute Gasteiger partial charge is 0.410 e. The van der Waals surface area contributed by atoms with Crippen molar-refractivity contribution in [2.75, 3.05) is 39.4 Å². The van der Waals surface area contributed by atoms with Gasteiger partial charge in [0.05, 0.1) is 24.8 Å². The minimum Gasteiger partial charge on any atom is -0.444 e. The number of rotatable bonds is 5. The number of piperazine rings is 1. The van der Waals surface area contributed by atoms with Crippen LogP contribution >= 0.6 is 0 Å². The zero-order valence-corrected chi connectivity index (χ0v) is 16.0. The Morgan fingerprint density at radius 3 is 2.33 bits per heavy atom. The van der Waals surface area contributed by atoms with Gasteiger partial charge in [-0.2, -0.15) is 0 Å². The Bertz CT molecular complexity index is 403. The number of aliphatic hydroxyl groups excluding tert-OH is 1. The Balaban J connectivity index is 2.52. The summed E-state index contributed by atoms with van der Waals surface area (Å²) in [5.41, 5.74) is -0.787. The summed E-state index contributed by atoms with van der Waals surface area (Å²) in [7, 11) is 0. The average Bonchev–Trinajstić information content (AvgIpc) is 2.43. The summed E-state index contributed by atoms with van der Waals surface area (Å²) >= 11 is 0. The molecular formula is C17H35N2O5+. The molecule has 1 rings (SSSR count). The van der Waals surface area contributed by atoms with Crippen LogP contribution in [0, 0.1) is 0 Å². The van der Waals surface area contributed by atoms with E-state index in [0.717, 1.165) is 0 Å². The molecule has 1 aliphatic rings. The van der Waals surface area contributed by atoms with Gasteiger partial charge in [0, 0.05) is 19.6 Å². The third-order valence-electron chi connectivity index (χ3n) is 3.64. The van der Waals surface area contributed by atoms with Gasteiger partial charge in [-0.3, -0.25) is 4.90 Å². The first-order chi connectivity index (χ1) is 10.9. The second kappa shape index (κ2) is 8.47. The fourth-order valence-corrected chi connectivity index (χ4v) is 2.49. The van der Waals surface area contributed by atoms with E-state index in [1.54, 1.807) is 4.90 Å². The Morgan fingerprint density at radius 2 is 1.83 bits per heavy atom. The lowest BCUT2D eigenvalue weighted by Crippen LogP contribution is -2.58. The molecule has 7 nitrogen and oxygen atoms in total. The van der Waals surface area contributed by atoms with Crippen molar-refractivity contribution in [3.8, 4) is 0 Å². The second-order valence-corrected chi connectivity index (χ2v) is 8.38. The van der Waals surface area contributed by atoms with Gasteiger partial charge in [0.15, 0.2) is 6.10 Å². The maximum atomic E-state index is 12.2. The molecule has 1 saturated heterocycles. The van der Waals surface area contributed by atoms with E-state index in [0.29, 0.717) is 32.8 Å². The van der Waals surface area contributed by atoms with E-state index in [1.165, 1.54) is 0 Å². The van der Waals surface area contributed by atoms with Crippen LogP contribution in [0.3, 0.4) is 0 Å². The lowest BCUT2D eigenvalue weighted by molar-refractivity contribution is -0.0674. The number of nitrogens with zero attached hydrogens (tertiary/aromatic N) is 2. The highest BCUT2D eigenvalue weighted by molar-refractivity contribution is 5.68. The van der Waals surface area contributed by atoms with Crippen LogP contribution in [0.4, 0.5) is 4.79 Å². The second-order valence-electron chi connectivity index (χ2n) is 8.38. The fourth-order valence-electron chi connectivity index (χ4n) is 2.49. The van der Waals surface area contributed by atoms with Gasteiger partial charge in [0.2, 0.25) is 0 Å². The van der Waals surface area contributed by atoms with Crippen LogP contribution in [-0.2, 0) is 9.47 Å². The number of hydrogen-bond donors (Lipinski definition) is 1.